The van der Waals surface area contributed by atoms with Crippen molar-refractivity contribution in [3.8, 4) is 89.7 Å². The van der Waals surface area contributed by atoms with E-state index in [1.165, 1.54) is 0 Å². The minimum atomic E-state index is -0.619. The van der Waals surface area contributed by atoms with E-state index in [4.69, 9.17) is 14.6 Å². The molecule has 0 aliphatic carbocycles. The van der Waals surface area contributed by atoms with Crippen LogP contribution in [0.2, 0.25) is 0 Å². The van der Waals surface area contributed by atoms with Crippen molar-refractivity contribution in [1.29, 1.82) is 0 Å². The third-order valence-corrected chi connectivity index (χ3v) is 12.9. The smallest absolute Gasteiger partial charge is 0.148 e. The van der Waals surface area contributed by atoms with E-state index in [-0.39, 0.29) is 60.0 Å². The van der Waals surface area contributed by atoms with Crippen molar-refractivity contribution in [3.63, 3.8) is 0 Å². The quantitative estimate of drug-likeness (QED) is 0.154. The van der Waals surface area contributed by atoms with Gasteiger partial charge in [-0.1, -0.05) is 224 Å². The van der Waals surface area contributed by atoms with Crippen molar-refractivity contribution in [3.05, 3.63) is 217 Å². The molecule has 4 nitrogen and oxygen atoms in total. The first-order chi connectivity index (χ1) is 36.8. The molecule has 2 heterocycles. The van der Waals surface area contributed by atoms with Crippen LogP contribution in [-0.4, -0.2) is 19.6 Å². The van der Waals surface area contributed by atoms with E-state index in [2.05, 4.69) is 139 Å². The molecule has 0 fully saturated rings. The van der Waals surface area contributed by atoms with Crippen molar-refractivity contribution in [1.82, 2.24) is 14.5 Å². The van der Waals surface area contributed by atoms with Crippen LogP contribution in [0.15, 0.2) is 194 Å². The fraction of sp³-hybridized carbons (Fsp3) is 0.182. The maximum absolute atomic E-state index is 12.8. The van der Waals surface area contributed by atoms with Gasteiger partial charge < -0.3 is 5.11 Å². The molecule has 0 spiro atoms. The Morgan fingerprint density at radius 2 is 1.11 bits per heavy atom. The number of phenols is 1. The molecule has 0 saturated carbocycles. The van der Waals surface area contributed by atoms with Crippen molar-refractivity contribution in [2.45, 2.75) is 78.6 Å². The Kier molecular flexibility index (Phi) is 10.7. The molecule has 0 radical (unpaired) electrons. The zero-order chi connectivity index (χ0) is 55.9. The van der Waals surface area contributed by atoms with Gasteiger partial charge in [-0.25, -0.2) is 4.98 Å². The normalized spacial score (nSPS) is 13.5. The monoisotopic (exact) mass is 1110 g/mol. The zero-order valence-corrected chi connectivity index (χ0v) is 43.7. The first kappa shape index (κ1) is 39.6. The Bertz CT molecular complexity index is 3980. The van der Waals surface area contributed by atoms with E-state index in [0.29, 0.717) is 33.6 Å². The second-order valence-electron chi connectivity index (χ2n) is 21.0. The predicted molar refractivity (Wildman–Crippen MR) is 294 cm³/mol. The van der Waals surface area contributed by atoms with Crippen LogP contribution < -0.4 is 0 Å². The molecule has 0 unspecified atom stereocenters. The van der Waals surface area contributed by atoms with Crippen LogP contribution in [0.1, 0.15) is 90.0 Å². The molecule has 1 N–H and O–H groups in total. The molecule has 0 atom stereocenters. The summed E-state index contributed by atoms with van der Waals surface area (Å²) in [5, 5.41) is 12.8. The van der Waals surface area contributed by atoms with Crippen LogP contribution in [-0.2, 0) is 37.3 Å². The van der Waals surface area contributed by atoms with Crippen LogP contribution >= 0.6 is 0 Å². The van der Waals surface area contributed by atoms with Gasteiger partial charge in [0.15, 0.2) is 0 Å². The van der Waals surface area contributed by atoms with Gasteiger partial charge in [0.2, 0.25) is 0 Å². The Balaban J connectivity index is 0.00000757. The van der Waals surface area contributed by atoms with E-state index < -0.39 is 53.9 Å². The summed E-state index contributed by atoms with van der Waals surface area (Å²) in [5.74, 6) is 0.631. The number of aromatic nitrogens is 3. The number of benzene rings is 8. The van der Waals surface area contributed by atoms with Gasteiger partial charge in [0.25, 0.3) is 0 Å². The number of nitrogens with zero attached hydrogens (tertiary/aromatic N) is 3. The topological polar surface area (TPSA) is 50.9 Å². The fourth-order valence-electron chi connectivity index (χ4n) is 9.23. The number of phenolic OH excluding ortho intramolecular Hbond substituents is 1. The van der Waals surface area contributed by atoms with Crippen molar-refractivity contribution in [2.24, 2.45) is 0 Å². The Morgan fingerprint density at radius 3 is 1.73 bits per heavy atom. The standard InChI is InChI=1S/C66H60N3O.Pt/c1-64(2,3)51-39-55(62(70)57(40-51)66(7,8)9)63-68-61-52(49-35-48(44-25-16-11-17-26-44)36-50(37-49)58-38-47(33-34-67-58)43-23-14-10-15-24-43)31-22-32-59(61)69(63)60-42-53(45-27-18-12-19-28-45)56(65(4,5)6)41-54(60)46-29-20-13-21-30-46;/h10-36,38-42,70H,1-9H3;/q-1;/i10D,14D,15D,23D,24D,33D,34D,38D;. The number of imidazole rings is 1. The molecule has 356 valence electrons. The molecule has 2 aromatic heterocycles. The van der Waals surface area contributed by atoms with Crippen LogP contribution in [0.25, 0.3) is 95.0 Å². The largest absolute Gasteiger partial charge is 0.507 e. The first-order valence-corrected chi connectivity index (χ1v) is 23.7. The van der Waals surface area contributed by atoms with E-state index in [1.54, 1.807) is 6.07 Å². The third kappa shape index (κ3) is 9.71. The first-order valence-electron chi connectivity index (χ1n) is 27.7. The maximum Gasteiger partial charge on any atom is 0.148 e. The van der Waals surface area contributed by atoms with Crippen molar-refractivity contribution in [2.75, 3.05) is 0 Å². The summed E-state index contributed by atoms with van der Waals surface area (Å²) in [7, 11) is 0. The van der Waals surface area contributed by atoms with Gasteiger partial charge >= 0.3 is 0 Å². The number of aromatic hydroxyl groups is 1. The second-order valence-corrected chi connectivity index (χ2v) is 21.0. The second kappa shape index (κ2) is 19.2. The Hall–Kier alpha value is -7.13. The molecule has 10 rings (SSSR count). The van der Waals surface area contributed by atoms with Gasteiger partial charge in [-0.3, -0.25) is 9.55 Å². The molecule has 8 aromatic carbocycles. The van der Waals surface area contributed by atoms with Gasteiger partial charge in [0.05, 0.1) is 33.3 Å². The molecular formula is C66H60N3OPt-. The molecule has 71 heavy (non-hydrogen) atoms. The molecule has 10 aromatic rings. The van der Waals surface area contributed by atoms with E-state index in [9.17, 15) is 6.48 Å². The molecule has 0 aliphatic heterocycles. The summed E-state index contributed by atoms with van der Waals surface area (Å²) in [4.78, 5) is 10.2. The minimum Gasteiger partial charge on any atom is -0.507 e. The zero-order valence-electron chi connectivity index (χ0n) is 49.5. The van der Waals surface area contributed by atoms with Crippen LogP contribution in [0, 0.1) is 6.07 Å². The summed E-state index contributed by atoms with van der Waals surface area (Å²) in [6, 6.07) is 48.5. The molecule has 0 saturated heterocycles. The predicted octanol–water partition coefficient (Wildman–Crippen LogP) is 17.5. The number of fused-ring (bicyclic) bond motifs is 1. The molecule has 0 bridgehead atoms. The number of hydrogen-bond donors (Lipinski definition) is 1. The molecular weight excluding hydrogens is 1050 g/mol. The number of hydrogen-bond acceptors (Lipinski definition) is 3. The molecule has 0 amide bonds. The van der Waals surface area contributed by atoms with E-state index >= 15 is 0 Å². The summed E-state index contributed by atoms with van der Waals surface area (Å²) < 4.78 is 72.5. The number of para-hydroxylation sites is 1. The van der Waals surface area contributed by atoms with E-state index in [1.807, 2.05) is 78.9 Å². The summed E-state index contributed by atoms with van der Waals surface area (Å²) in [5.41, 5.74) is 11.0. The van der Waals surface area contributed by atoms with Crippen LogP contribution in [0.4, 0.5) is 0 Å². The third-order valence-electron chi connectivity index (χ3n) is 12.9. The number of rotatable bonds is 8. The average molecular weight is 1110 g/mol. The fourth-order valence-corrected chi connectivity index (χ4v) is 9.23. The van der Waals surface area contributed by atoms with Gasteiger partial charge in [0.1, 0.15) is 11.6 Å². The Morgan fingerprint density at radius 1 is 0.507 bits per heavy atom. The average Bonchev–Trinajstić information content (AvgIpc) is 4.08. The van der Waals surface area contributed by atoms with Crippen molar-refractivity contribution >= 4 is 11.0 Å². The van der Waals surface area contributed by atoms with Gasteiger partial charge in [-0.2, -0.15) is 0 Å². The summed E-state index contributed by atoms with van der Waals surface area (Å²) >= 11 is 0. The van der Waals surface area contributed by atoms with Crippen molar-refractivity contribution < 1.29 is 37.1 Å². The minimum absolute atomic E-state index is 0. The molecule has 0 aliphatic rings. The molecule has 5 heteroatoms. The summed E-state index contributed by atoms with van der Waals surface area (Å²) in [6.07, 6.45) is -0.540. The number of pyridine rings is 1. The summed E-state index contributed by atoms with van der Waals surface area (Å²) in [6.45, 7) is 19.5. The van der Waals surface area contributed by atoms with E-state index in [0.717, 1.165) is 55.7 Å². The SMILES string of the molecule is [2H]c1nc(-c2[c-]c(-c3cccc4c3nc(-c3cc(C(C)(C)C)cc(C(C)(C)C)c3O)n4-c3cc(-c4ccccc4)c(C(C)(C)C)cc3-c3ccccc3)cc(-c3ccccc3)c2)c([2H])c(-c2c([2H])c([2H])c([2H])c([2H])c2[2H])c1[2H].[Pt]. The van der Waals surface area contributed by atoms with Gasteiger partial charge in [-0.05, 0) is 91.1 Å². The van der Waals surface area contributed by atoms with Crippen LogP contribution in [0.3, 0.4) is 0 Å². The van der Waals surface area contributed by atoms with Gasteiger partial charge in [-0.15, -0.1) is 23.8 Å². The maximum atomic E-state index is 12.8. The van der Waals surface area contributed by atoms with Gasteiger partial charge in [0, 0.05) is 44.1 Å². The van der Waals surface area contributed by atoms with Crippen LogP contribution in [0.5, 0.6) is 5.75 Å². The Labute approximate surface area is 445 Å².